The molecular formula is C18H33N5S. The Labute approximate surface area is 151 Å². The lowest BCUT2D eigenvalue weighted by Gasteiger charge is -2.31. The van der Waals surface area contributed by atoms with Gasteiger partial charge in [-0.15, -0.1) is 11.3 Å². The lowest BCUT2D eigenvalue weighted by molar-refractivity contribution is 0.187. The summed E-state index contributed by atoms with van der Waals surface area (Å²) in [5.74, 6) is 1.77. The number of guanidine groups is 1. The molecule has 1 fully saturated rings. The van der Waals surface area contributed by atoms with Gasteiger partial charge in [-0.25, -0.2) is 9.98 Å². The first-order valence-corrected chi connectivity index (χ1v) is 10.2. The van der Waals surface area contributed by atoms with Crippen LogP contribution in [0, 0.1) is 5.92 Å². The van der Waals surface area contributed by atoms with E-state index in [1.54, 1.807) is 11.3 Å². The van der Waals surface area contributed by atoms with Crippen molar-refractivity contribution in [1.82, 2.24) is 20.5 Å². The zero-order chi connectivity index (χ0) is 17.2. The highest BCUT2D eigenvalue weighted by Gasteiger charge is 2.17. The zero-order valence-corrected chi connectivity index (χ0v) is 16.3. The topological polar surface area (TPSA) is 52.6 Å². The van der Waals surface area contributed by atoms with Gasteiger partial charge in [0.05, 0.1) is 6.54 Å². The van der Waals surface area contributed by atoms with E-state index in [4.69, 9.17) is 0 Å². The number of hydrogen-bond donors (Lipinski definition) is 2. The third-order valence-corrected chi connectivity index (χ3v) is 5.79. The van der Waals surface area contributed by atoms with Gasteiger partial charge >= 0.3 is 0 Å². The van der Waals surface area contributed by atoms with Crippen molar-refractivity contribution in [3.63, 3.8) is 0 Å². The Bertz CT molecular complexity index is 491. The minimum atomic E-state index is 0.662. The van der Waals surface area contributed by atoms with Gasteiger partial charge in [0.1, 0.15) is 5.01 Å². The second kappa shape index (κ2) is 10.7. The Hall–Kier alpha value is -1.14. The predicted octanol–water partition coefficient (Wildman–Crippen LogP) is 2.88. The van der Waals surface area contributed by atoms with Crippen LogP contribution in [0.4, 0.5) is 0 Å². The Morgan fingerprint density at radius 1 is 1.29 bits per heavy atom. The van der Waals surface area contributed by atoms with Crippen LogP contribution in [0.3, 0.4) is 0 Å². The van der Waals surface area contributed by atoms with Gasteiger partial charge in [-0.3, -0.25) is 0 Å². The smallest absolute Gasteiger partial charge is 0.191 e. The van der Waals surface area contributed by atoms with E-state index in [0.717, 1.165) is 36.4 Å². The van der Waals surface area contributed by atoms with E-state index in [-0.39, 0.29) is 0 Å². The van der Waals surface area contributed by atoms with Gasteiger partial charge in [-0.05, 0) is 58.2 Å². The Morgan fingerprint density at radius 2 is 2.08 bits per heavy atom. The van der Waals surface area contributed by atoms with Crippen molar-refractivity contribution in [2.24, 2.45) is 10.9 Å². The van der Waals surface area contributed by atoms with Crippen molar-refractivity contribution in [3.05, 3.63) is 16.1 Å². The molecule has 1 aliphatic rings. The van der Waals surface area contributed by atoms with Crippen LogP contribution in [-0.4, -0.2) is 48.6 Å². The predicted molar refractivity (Wildman–Crippen MR) is 104 cm³/mol. The zero-order valence-electron chi connectivity index (χ0n) is 15.5. The molecule has 6 heteroatoms. The van der Waals surface area contributed by atoms with Crippen LogP contribution in [0.15, 0.2) is 11.2 Å². The van der Waals surface area contributed by atoms with Gasteiger partial charge in [0.2, 0.25) is 0 Å². The van der Waals surface area contributed by atoms with Gasteiger partial charge in [0.15, 0.2) is 5.96 Å². The molecule has 0 unspecified atom stereocenters. The first-order chi connectivity index (χ1) is 11.7. The fourth-order valence-corrected chi connectivity index (χ4v) is 3.85. The summed E-state index contributed by atoms with van der Waals surface area (Å²) >= 11 is 1.76. The number of nitrogens with one attached hydrogen (secondary N) is 2. The molecule has 0 atom stereocenters. The van der Waals surface area contributed by atoms with Gasteiger partial charge in [0.25, 0.3) is 0 Å². The van der Waals surface area contributed by atoms with E-state index in [9.17, 15) is 0 Å². The summed E-state index contributed by atoms with van der Waals surface area (Å²) in [5, 5.41) is 7.91. The standard InChI is InChI=1S/C18H33N5S/c1-4-16-13-21-17(24-16)14-22-18(19-5-2)20-10-7-15-8-11-23(6-3)12-9-15/h13,15H,4-12,14H2,1-3H3,(H2,19,20,22). The summed E-state index contributed by atoms with van der Waals surface area (Å²) in [6.07, 6.45) is 6.93. The minimum absolute atomic E-state index is 0.662. The molecule has 1 aliphatic heterocycles. The second-order valence-electron chi connectivity index (χ2n) is 6.36. The molecule has 24 heavy (non-hydrogen) atoms. The molecule has 0 saturated carbocycles. The highest BCUT2D eigenvalue weighted by molar-refractivity contribution is 7.11. The van der Waals surface area contributed by atoms with Crippen LogP contribution in [0.25, 0.3) is 0 Å². The first-order valence-electron chi connectivity index (χ1n) is 9.43. The van der Waals surface area contributed by atoms with Gasteiger partial charge in [-0.2, -0.15) is 0 Å². The number of likely N-dealkylation sites (tertiary alicyclic amines) is 1. The molecule has 0 amide bonds. The van der Waals surface area contributed by atoms with Crippen molar-refractivity contribution in [3.8, 4) is 0 Å². The molecule has 2 N–H and O–H groups in total. The molecule has 0 radical (unpaired) electrons. The summed E-state index contributed by atoms with van der Waals surface area (Å²) in [7, 11) is 0. The third kappa shape index (κ3) is 6.40. The first kappa shape index (κ1) is 19.2. The van der Waals surface area contributed by atoms with Crippen molar-refractivity contribution in [1.29, 1.82) is 0 Å². The number of rotatable bonds is 8. The van der Waals surface area contributed by atoms with E-state index < -0.39 is 0 Å². The highest BCUT2D eigenvalue weighted by Crippen LogP contribution is 2.19. The maximum Gasteiger partial charge on any atom is 0.191 e. The van der Waals surface area contributed by atoms with Crippen LogP contribution < -0.4 is 10.6 Å². The van der Waals surface area contributed by atoms with Crippen LogP contribution in [0.2, 0.25) is 0 Å². The molecule has 1 aromatic rings. The highest BCUT2D eigenvalue weighted by atomic mass is 32.1. The second-order valence-corrected chi connectivity index (χ2v) is 7.56. The molecule has 2 rings (SSSR count). The Kier molecular flexibility index (Phi) is 8.53. The number of piperidine rings is 1. The summed E-state index contributed by atoms with van der Waals surface area (Å²) in [6.45, 7) is 12.8. The van der Waals surface area contributed by atoms with Crippen molar-refractivity contribution >= 4 is 17.3 Å². The van der Waals surface area contributed by atoms with E-state index in [2.05, 4.69) is 46.3 Å². The van der Waals surface area contributed by atoms with Gasteiger partial charge in [-0.1, -0.05) is 13.8 Å². The van der Waals surface area contributed by atoms with Crippen LogP contribution in [0.5, 0.6) is 0 Å². The monoisotopic (exact) mass is 351 g/mol. The molecule has 1 saturated heterocycles. The summed E-state index contributed by atoms with van der Waals surface area (Å²) in [5.41, 5.74) is 0. The van der Waals surface area contributed by atoms with E-state index >= 15 is 0 Å². The number of thiazole rings is 1. The van der Waals surface area contributed by atoms with Crippen molar-refractivity contribution in [2.75, 3.05) is 32.7 Å². The molecule has 0 bridgehead atoms. The fourth-order valence-electron chi connectivity index (χ4n) is 3.06. The van der Waals surface area contributed by atoms with Crippen LogP contribution in [0.1, 0.15) is 49.9 Å². The fraction of sp³-hybridized carbons (Fsp3) is 0.778. The molecule has 5 nitrogen and oxygen atoms in total. The van der Waals surface area contributed by atoms with Crippen LogP contribution >= 0.6 is 11.3 Å². The molecule has 0 spiro atoms. The summed E-state index contributed by atoms with van der Waals surface area (Å²) in [4.78, 5) is 13.0. The lowest BCUT2D eigenvalue weighted by Crippen LogP contribution is -2.39. The largest absolute Gasteiger partial charge is 0.357 e. The number of hydrogen-bond acceptors (Lipinski definition) is 4. The number of aryl methyl sites for hydroxylation is 1. The quantitative estimate of drug-likeness (QED) is 0.558. The molecular weight excluding hydrogens is 318 g/mol. The molecule has 2 heterocycles. The average Bonchev–Trinajstić information content (AvgIpc) is 3.08. The minimum Gasteiger partial charge on any atom is -0.357 e. The summed E-state index contributed by atoms with van der Waals surface area (Å²) in [6, 6.07) is 0. The SMILES string of the molecule is CCNC(=NCc1ncc(CC)s1)NCCC1CCN(CC)CC1. The Morgan fingerprint density at radius 3 is 2.71 bits per heavy atom. The number of nitrogens with zero attached hydrogens (tertiary/aromatic N) is 3. The third-order valence-electron chi connectivity index (χ3n) is 4.67. The maximum absolute atomic E-state index is 4.67. The Balaban J connectivity index is 1.73. The normalized spacial score (nSPS) is 17.2. The number of aromatic nitrogens is 1. The lowest BCUT2D eigenvalue weighted by atomic mass is 9.93. The molecule has 1 aromatic heterocycles. The van der Waals surface area contributed by atoms with E-state index in [1.807, 2.05) is 6.20 Å². The molecule has 0 aliphatic carbocycles. The van der Waals surface area contributed by atoms with Crippen molar-refractivity contribution < 1.29 is 0 Å². The molecule has 136 valence electrons. The summed E-state index contributed by atoms with van der Waals surface area (Å²) < 4.78 is 0. The van der Waals surface area contributed by atoms with Gasteiger partial charge < -0.3 is 15.5 Å². The molecule has 0 aromatic carbocycles. The average molecular weight is 352 g/mol. The maximum atomic E-state index is 4.67. The van der Waals surface area contributed by atoms with E-state index in [0.29, 0.717) is 6.54 Å². The number of aliphatic imine (C=N–C) groups is 1. The van der Waals surface area contributed by atoms with Gasteiger partial charge in [0, 0.05) is 24.2 Å². The van der Waals surface area contributed by atoms with Crippen molar-refractivity contribution in [2.45, 2.75) is 53.0 Å². The van der Waals surface area contributed by atoms with E-state index in [1.165, 1.54) is 43.8 Å². The van der Waals surface area contributed by atoms with Crippen LogP contribution in [-0.2, 0) is 13.0 Å².